The number of nitrogens with one attached hydrogen (secondary N) is 1. The Labute approximate surface area is 79.6 Å². The van der Waals surface area contributed by atoms with Crippen LogP contribution in [-0.2, 0) is 9.59 Å². The molecule has 1 heterocycles. The second-order valence-corrected chi connectivity index (χ2v) is 2.55. The average molecular weight is 195 g/mol. The lowest BCUT2D eigenvalue weighted by Crippen LogP contribution is -2.14. The van der Waals surface area contributed by atoms with Gasteiger partial charge in [0.15, 0.2) is 5.78 Å². The summed E-state index contributed by atoms with van der Waals surface area (Å²) in [5.74, 6) is 0.00233. The predicted molar refractivity (Wildman–Crippen MR) is 46.0 cm³/mol. The van der Waals surface area contributed by atoms with Crippen LogP contribution in [0.1, 0.15) is 13.3 Å². The molecule has 0 spiro atoms. The van der Waals surface area contributed by atoms with Crippen LogP contribution in [-0.4, -0.2) is 33.3 Å². The lowest BCUT2D eigenvalue weighted by molar-refractivity contribution is -0.120. The normalized spacial score (nSPS) is 12.9. The third kappa shape index (κ3) is 2.85. The Morgan fingerprint density at radius 3 is 3.07 bits per heavy atom. The van der Waals surface area contributed by atoms with Crippen molar-refractivity contribution in [3.8, 4) is 0 Å². The molecule has 1 N–H and O–H groups in total. The first kappa shape index (κ1) is 10.2. The van der Waals surface area contributed by atoms with Gasteiger partial charge in [0.2, 0.25) is 0 Å². The molecule has 0 radical (unpaired) electrons. The lowest BCUT2D eigenvalue weighted by atomic mass is 10.2. The Morgan fingerprint density at radius 1 is 1.79 bits per heavy atom. The molecule has 7 nitrogen and oxygen atoms in total. The summed E-state index contributed by atoms with van der Waals surface area (Å²) in [6.07, 6.45) is 1.94. The van der Waals surface area contributed by atoms with Crippen molar-refractivity contribution >= 4 is 18.0 Å². The number of hydrogen-bond acceptors (Lipinski definition) is 6. The van der Waals surface area contributed by atoms with E-state index in [1.54, 1.807) is 0 Å². The van der Waals surface area contributed by atoms with Crippen LogP contribution in [0.25, 0.3) is 0 Å². The highest BCUT2D eigenvalue weighted by Crippen LogP contribution is 2.05. The molecule has 0 amide bonds. The van der Waals surface area contributed by atoms with Crippen LogP contribution in [0.5, 0.6) is 0 Å². The van der Waals surface area contributed by atoms with E-state index < -0.39 is 6.04 Å². The van der Waals surface area contributed by atoms with Crippen molar-refractivity contribution in [2.24, 2.45) is 10.2 Å². The van der Waals surface area contributed by atoms with Crippen molar-refractivity contribution in [3.63, 3.8) is 0 Å². The Bertz CT molecular complexity index is 332. The number of Topliss-reactive ketones (excluding diaryl/α,β-unsaturated/α-hetero) is 1. The highest BCUT2D eigenvalue weighted by Gasteiger charge is 2.11. The summed E-state index contributed by atoms with van der Waals surface area (Å²) in [4.78, 5) is 24.8. The van der Waals surface area contributed by atoms with Gasteiger partial charge in [-0.25, -0.2) is 5.10 Å². The van der Waals surface area contributed by atoms with E-state index in [1.165, 1.54) is 13.3 Å². The number of ketones is 1. The molecular formula is C7H9N5O2. The molecule has 1 unspecified atom stereocenters. The molecule has 0 saturated heterocycles. The molecule has 0 aliphatic rings. The van der Waals surface area contributed by atoms with Crippen molar-refractivity contribution in [2.75, 3.05) is 0 Å². The highest BCUT2D eigenvalue weighted by atomic mass is 16.1. The van der Waals surface area contributed by atoms with Crippen molar-refractivity contribution in [2.45, 2.75) is 19.4 Å². The van der Waals surface area contributed by atoms with E-state index in [4.69, 9.17) is 0 Å². The van der Waals surface area contributed by atoms with E-state index in [0.717, 1.165) is 0 Å². The number of rotatable bonds is 5. The maximum atomic E-state index is 10.9. The molecule has 0 fully saturated rings. The standard InChI is InChI=1S/C7H9N5O2/c1-5(14)6(2-3-13)10-12-7-8-4-9-11-7/h3-4,6H,2H2,1H3,(H,8,9,11). The van der Waals surface area contributed by atoms with Crippen LogP contribution in [0.4, 0.5) is 5.95 Å². The fourth-order valence-electron chi connectivity index (χ4n) is 0.757. The largest absolute Gasteiger partial charge is 0.303 e. The maximum Gasteiger partial charge on any atom is 0.264 e. The second-order valence-electron chi connectivity index (χ2n) is 2.55. The molecule has 1 aromatic rings. The number of aromatic nitrogens is 3. The fourth-order valence-corrected chi connectivity index (χ4v) is 0.757. The van der Waals surface area contributed by atoms with E-state index in [-0.39, 0.29) is 18.2 Å². The van der Waals surface area contributed by atoms with Gasteiger partial charge < -0.3 is 4.79 Å². The number of azo groups is 1. The third-order valence-electron chi connectivity index (χ3n) is 1.48. The monoisotopic (exact) mass is 195 g/mol. The maximum absolute atomic E-state index is 10.9. The SMILES string of the molecule is CC(=O)C(CC=O)N=Nc1ncn[nH]1. The van der Waals surface area contributed by atoms with E-state index in [0.29, 0.717) is 6.29 Å². The zero-order valence-electron chi connectivity index (χ0n) is 7.54. The Hall–Kier alpha value is -1.92. The van der Waals surface area contributed by atoms with E-state index in [9.17, 15) is 9.59 Å². The number of carbonyl (C=O) groups excluding carboxylic acids is 2. The van der Waals surface area contributed by atoms with Crippen molar-refractivity contribution < 1.29 is 9.59 Å². The van der Waals surface area contributed by atoms with Gasteiger partial charge in [0, 0.05) is 6.42 Å². The summed E-state index contributed by atoms with van der Waals surface area (Å²) in [6.45, 7) is 1.35. The Balaban J connectivity index is 2.63. The number of aldehydes is 1. The fraction of sp³-hybridized carbons (Fsp3) is 0.429. The van der Waals surface area contributed by atoms with E-state index in [2.05, 4.69) is 25.4 Å². The number of H-pyrrole nitrogens is 1. The number of hydrogen-bond donors (Lipinski definition) is 1. The molecule has 0 aliphatic heterocycles. The van der Waals surface area contributed by atoms with Crippen LogP contribution in [0.15, 0.2) is 16.6 Å². The number of nitrogens with zero attached hydrogens (tertiary/aromatic N) is 4. The number of carbonyl (C=O) groups is 2. The number of aromatic amines is 1. The Kier molecular flexibility index (Phi) is 3.59. The van der Waals surface area contributed by atoms with Crippen LogP contribution >= 0.6 is 0 Å². The van der Waals surface area contributed by atoms with Gasteiger partial charge in [-0.15, -0.1) is 5.11 Å². The summed E-state index contributed by atoms with van der Waals surface area (Å²) < 4.78 is 0. The molecule has 0 saturated carbocycles. The first-order chi connectivity index (χ1) is 6.74. The van der Waals surface area contributed by atoms with Crippen LogP contribution in [0.2, 0.25) is 0 Å². The molecule has 1 atom stereocenters. The summed E-state index contributed by atoms with van der Waals surface area (Å²) >= 11 is 0. The summed E-state index contributed by atoms with van der Waals surface area (Å²) in [5.41, 5.74) is 0. The molecular weight excluding hydrogens is 186 g/mol. The first-order valence-electron chi connectivity index (χ1n) is 3.94. The molecule has 74 valence electrons. The molecule has 1 aromatic heterocycles. The van der Waals surface area contributed by atoms with Crippen molar-refractivity contribution in [3.05, 3.63) is 6.33 Å². The minimum atomic E-state index is -0.724. The van der Waals surface area contributed by atoms with Gasteiger partial charge in [-0.3, -0.25) is 4.79 Å². The average Bonchev–Trinajstić information content (AvgIpc) is 2.64. The van der Waals surface area contributed by atoms with E-state index in [1.807, 2.05) is 0 Å². The van der Waals surface area contributed by atoms with Crippen LogP contribution in [0, 0.1) is 0 Å². The van der Waals surface area contributed by atoms with Gasteiger partial charge in [-0.1, -0.05) is 0 Å². The predicted octanol–water partition coefficient (Wildman–Crippen LogP) is 0.435. The summed E-state index contributed by atoms with van der Waals surface area (Å²) in [5, 5.41) is 13.3. The van der Waals surface area contributed by atoms with Gasteiger partial charge in [0.1, 0.15) is 18.7 Å². The lowest BCUT2D eigenvalue weighted by Gasteiger charge is -1.99. The summed E-state index contributed by atoms with van der Waals surface area (Å²) in [6, 6.07) is -0.724. The van der Waals surface area contributed by atoms with Gasteiger partial charge in [0.05, 0.1) is 0 Å². The van der Waals surface area contributed by atoms with Crippen molar-refractivity contribution in [1.29, 1.82) is 0 Å². The molecule has 0 aliphatic carbocycles. The minimum absolute atomic E-state index is 0.0347. The second kappa shape index (κ2) is 4.95. The molecule has 7 heteroatoms. The highest BCUT2D eigenvalue weighted by molar-refractivity contribution is 5.83. The van der Waals surface area contributed by atoms with Crippen molar-refractivity contribution in [1.82, 2.24) is 15.2 Å². The Morgan fingerprint density at radius 2 is 2.57 bits per heavy atom. The third-order valence-corrected chi connectivity index (χ3v) is 1.48. The van der Waals surface area contributed by atoms with Gasteiger partial charge in [0.25, 0.3) is 5.95 Å². The van der Waals surface area contributed by atoms with E-state index >= 15 is 0 Å². The van der Waals surface area contributed by atoms with Crippen LogP contribution < -0.4 is 0 Å². The summed E-state index contributed by atoms with van der Waals surface area (Å²) in [7, 11) is 0. The molecule has 1 rings (SSSR count). The van der Waals surface area contributed by atoms with Gasteiger partial charge in [-0.05, 0) is 6.92 Å². The quantitative estimate of drug-likeness (QED) is 0.543. The zero-order valence-corrected chi connectivity index (χ0v) is 7.54. The smallest absolute Gasteiger partial charge is 0.264 e. The van der Waals surface area contributed by atoms with Gasteiger partial charge >= 0.3 is 0 Å². The zero-order chi connectivity index (χ0) is 10.4. The minimum Gasteiger partial charge on any atom is -0.303 e. The first-order valence-corrected chi connectivity index (χ1v) is 3.94. The van der Waals surface area contributed by atoms with Gasteiger partial charge in [-0.2, -0.15) is 15.2 Å². The molecule has 14 heavy (non-hydrogen) atoms. The van der Waals surface area contributed by atoms with Crippen LogP contribution in [0.3, 0.4) is 0 Å². The topological polar surface area (TPSA) is 100 Å². The molecule has 0 bridgehead atoms. The molecule has 0 aromatic carbocycles.